The molecule has 7 nitrogen and oxygen atoms in total. The van der Waals surface area contributed by atoms with Gasteiger partial charge in [-0.1, -0.05) is 25.2 Å². The molecule has 1 atom stereocenters. The lowest BCUT2D eigenvalue weighted by Crippen LogP contribution is -2.14. The summed E-state index contributed by atoms with van der Waals surface area (Å²) in [6.07, 6.45) is 4.11. The Morgan fingerprint density at radius 2 is 2.26 bits per heavy atom. The minimum absolute atomic E-state index is 0.160. The number of fused-ring (bicyclic) bond motifs is 1. The number of hydrogen-bond acceptors (Lipinski definition) is 6. The lowest BCUT2D eigenvalue weighted by atomic mass is 10.2. The minimum Gasteiger partial charge on any atom is -0.348 e. The van der Waals surface area contributed by atoms with E-state index in [-0.39, 0.29) is 12.0 Å². The van der Waals surface area contributed by atoms with Crippen LogP contribution in [0.3, 0.4) is 0 Å². The van der Waals surface area contributed by atoms with E-state index in [0.717, 1.165) is 21.5 Å². The number of nitrogens with zero attached hydrogens (tertiary/aromatic N) is 5. The molecule has 0 saturated carbocycles. The second-order valence-electron chi connectivity index (χ2n) is 4.74. The minimum atomic E-state index is -0.160. The van der Waals surface area contributed by atoms with E-state index in [9.17, 15) is 0 Å². The van der Waals surface area contributed by atoms with E-state index in [0.29, 0.717) is 6.42 Å². The Balaban J connectivity index is 1.88. The van der Waals surface area contributed by atoms with Gasteiger partial charge in [0.15, 0.2) is 5.82 Å². The number of hydrogen-bond donors (Lipinski definition) is 2. The summed E-state index contributed by atoms with van der Waals surface area (Å²) in [5, 5.41) is 13.7. The van der Waals surface area contributed by atoms with Gasteiger partial charge in [0.25, 0.3) is 0 Å². The molecule has 3 aromatic heterocycles. The van der Waals surface area contributed by atoms with Crippen molar-refractivity contribution in [3.63, 3.8) is 0 Å². The van der Waals surface area contributed by atoms with E-state index in [1.54, 1.807) is 17.0 Å². The van der Waals surface area contributed by atoms with Gasteiger partial charge in [-0.15, -0.1) is 10.2 Å². The highest BCUT2D eigenvalue weighted by atomic mass is 32.1. The Morgan fingerprint density at radius 1 is 1.42 bits per heavy atom. The molecular weight excluding hydrogens is 262 g/mol. The second kappa shape index (κ2) is 4.71. The van der Waals surface area contributed by atoms with Crippen LogP contribution in [-0.2, 0) is 6.42 Å². The van der Waals surface area contributed by atoms with Gasteiger partial charge in [-0.05, 0) is 0 Å². The Hall–Kier alpha value is -1.80. The van der Waals surface area contributed by atoms with Crippen molar-refractivity contribution in [1.82, 2.24) is 29.8 Å². The molecule has 19 heavy (non-hydrogen) atoms. The van der Waals surface area contributed by atoms with Crippen molar-refractivity contribution in [2.45, 2.75) is 32.2 Å². The largest absolute Gasteiger partial charge is 0.348 e. The SMILES string of the molecule is CC(C)c1nnc2sc(C(N)Cc3cnc[nH]3)nn12. The lowest BCUT2D eigenvalue weighted by Gasteiger charge is -2.05. The molecule has 3 aromatic rings. The maximum absolute atomic E-state index is 6.17. The fourth-order valence-electron chi connectivity index (χ4n) is 1.88. The summed E-state index contributed by atoms with van der Waals surface area (Å²) in [5.74, 6) is 1.15. The first kappa shape index (κ1) is 12.2. The first-order chi connectivity index (χ1) is 9.15. The summed E-state index contributed by atoms with van der Waals surface area (Å²) < 4.78 is 1.79. The highest BCUT2D eigenvalue weighted by Crippen LogP contribution is 2.23. The van der Waals surface area contributed by atoms with Crippen molar-refractivity contribution in [2.75, 3.05) is 0 Å². The fraction of sp³-hybridized carbons (Fsp3) is 0.455. The van der Waals surface area contributed by atoms with Gasteiger partial charge in [-0.25, -0.2) is 4.98 Å². The zero-order valence-corrected chi connectivity index (χ0v) is 11.6. The molecule has 0 saturated heterocycles. The monoisotopic (exact) mass is 277 g/mol. The number of nitrogens with two attached hydrogens (primary N) is 1. The standard InChI is InChI=1S/C11H15N7S/c1-6(2)9-15-16-11-18(9)17-10(19-11)8(12)3-7-4-13-5-14-7/h4-6,8H,3,12H2,1-2H3,(H,13,14). The van der Waals surface area contributed by atoms with Crippen LogP contribution in [-0.4, -0.2) is 29.8 Å². The number of rotatable bonds is 4. The van der Waals surface area contributed by atoms with Gasteiger partial charge < -0.3 is 10.7 Å². The quantitative estimate of drug-likeness (QED) is 0.748. The molecule has 0 fully saturated rings. The third-order valence-electron chi connectivity index (χ3n) is 2.86. The Labute approximate surface area is 113 Å². The molecule has 0 spiro atoms. The Bertz CT molecular complexity index is 666. The van der Waals surface area contributed by atoms with Gasteiger partial charge >= 0.3 is 0 Å². The molecule has 0 aliphatic rings. The van der Waals surface area contributed by atoms with E-state index in [1.807, 2.05) is 0 Å². The first-order valence-corrected chi connectivity index (χ1v) is 6.91. The van der Waals surface area contributed by atoms with E-state index >= 15 is 0 Å². The molecule has 3 N–H and O–H groups in total. The van der Waals surface area contributed by atoms with E-state index in [2.05, 4.69) is 39.1 Å². The van der Waals surface area contributed by atoms with Crippen LogP contribution in [0.15, 0.2) is 12.5 Å². The molecule has 100 valence electrons. The average molecular weight is 277 g/mol. The zero-order valence-electron chi connectivity index (χ0n) is 10.7. The highest BCUT2D eigenvalue weighted by Gasteiger charge is 2.18. The molecule has 0 aromatic carbocycles. The molecule has 8 heteroatoms. The third-order valence-corrected chi connectivity index (χ3v) is 3.89. The number of H-pyrrole nitrogens is 1. The smallest absolute Gasteiger partial charge is 0.234 e. The third kappa shape index (κ3) is 2.24. The van der Waals surface area contributed by atoms with E-state index in [1.165, 1.54) is 11.3 Å². The number of imidazole rings is 1. The lowest BCUT2D eigenvalue weighted by molar-refractivity contribution is 0.664. The molecule has 0 aliphatic carbocycles. The van der Waals surface area contributed by atoms with Crippen LogP contribution in [0.1, 0.15) is 42.3 Å². The van der Waals surface area contributed by atoms with Gasteiger partial charge in [0.2, 0.25) is 4.96 Å². The molecule has 0 aliphatic heterocycles. The highest BCUT2D eigenvalue weighted by molar-refractivity contribution is 7.16. The molecular formula is C11H15N7S. The van der Waals surface area contributed by atoms with Crippen LogP contribution >= 0.6 is 11.3 Å². The molecule has 3 heterocycles. The van der Waals surface area contributed by atoms with Crippen LogP contribution in [0.5, 0.6) is 0 Å². The van der Waals surface area contributed by atoms with Gasteiger partial charge in [-0.3, -0.25) is 0 Å². The van der Waals surface area contributed by atoms with Crippen LogP contribution in [0.2, 0.25) is 0 Å². The number of nitrogens with one attached hydrogen (secondary N) is 1. The molecule has 1 unspecified atom stereocenters. The molecule has 0 radical (unpaired) electrons. The van der Waals surface area contributed by atoms with E-state index in [4.69, 9.17) is 5.73 Å². The van der Waals surface area contributed by atoms with Crippen LogP contribution in [0.4, 0.5) is 0 Å². The van der Waals surface area contributed by atoms with Gasteiger partial charge in [0.1, 0.15) is 5.01 Å². The summed E-state index contributed by atoms with van der Waals surface area (Å²) in [6.45, 7) is 4.14. The Kier molecular flexibility index (Phi) is 3.03. The summed E-state index contributed by atoms with van der Waals surface area (Å²) in [7, 11) is 0. The van der Waals surface area contributed by atoms with E-state index < -0.39 is 0 Å². The predicted molar refractivity (Wildman–Crippen MR) is 72.0 cm³/mol. The van der Waals surface area contributed by atoms with Crippen LogP contribution in [0, 0.1) is 0 Å². The van der Waals surface area contributed by atoms with Crippen molar-refractivity contribution < 1.29 is 0 Å². The zero-order chi connectivity index (χ0) is 13.4. The summed E-state index contributed by atoms with van der Waals surface area (Å²) >= 11 is 1.48. The van der Waals surface area contributed by atoms with Gasteiger partial charge in [0, 0.05) is 24.2 Å². The molecule has 3 rings (SSSR count). The maximum Gasteiger partial charge on any atom is 0.234 e. The van der Waals surface area contributed by atoms with Crippen LogP contribution in [0.25, 0.3) is 4.96 Å². The summed E-state index contributed by atoms with van der Waals surface area (Å²) in [5.41, 5.74) is 7.18. The van der Waals surface area contributed by atoms with Crippen LogP contribution < -0.4 is 5.73 Å². The normalized spacial score (nSPS) is 13.5. The van der Waals surface area contributed by atoms with Crippen molar-refractivity contribution >= 4 is 16.3 Å². The van der Waals surface area contributed by atoms with Crippen molar-refractivity contribution in [3.8, 4) is 0 Å². The number of aromatic amines is 1. The topological polar surface area (TPSA) is 97.8 Å². The van der Waals surface area contributed by atoms with Crippen molar-refractivity contribution in [1.29, 1.82) is 0 Å². The average Bonchev–Trinajstić information content (AvgIpc) is 3.02. The molecule has 0 amide bonds. The summed E-state index contributed by atoms with van der Waals surface area (Å²) in [4.78, 5) is 7.82. The Morgan fingerprint density at radius 3 is 2.95 bits per heavy atom. The molecule has 0 bridgehead atoms. The second-order valence-corrected chi connectivity index (χ2v) is 5.72. The number of aromatic nitrogens is 6. The first-order valence-electron chi connectivity index (χ1n) is 6.10. The van der Waals surface area contributed by atoms with Crippen molar-refractivity contribution in [3.05, 3.63) is 29.1 Å². The summed E-state index contributed by atoms with van der Waals surface area (Å²) in [6, 6.07) is -0.160. The van der Waals surface area contributed by atoms with Gasteiger partial charge in [0.05, 0.1) is 12.4 Å². The fourth-order valence-corrected chi connectivity index (χ4v) is 2.72. The van der Waals surface area contributed by atoms with Gasteiger partial charge in [-0.2, -0.15) is 9.61 Å². The van der Waals surface area contributed by atoms with Crippen molar-refractivity contribution in [2.24, 2.45) is 5.73 Å². The maximum atomic E-state index is 6.17. The predicted octanol–water partition coefficient (Wildman–Crippen LogP) is 1.27.